The van der Waals surface area contributed by atoms with Gasteiger partial charge in [-0.3, -0.25) is 0 Å². The summed E-state index contributed by atoms with van der Waals surface area (Å²) >= 11 is 1.80. The van der Waals surface area contributed by atoms with E-state index in [2.05, 4.69) is 11.8 Å². The second-order valence-corrected chi connectivity index (χ2v) is 6.09. The van der Waals surface area contributed by atoms with Crippen molar-refractivity contribution in [2.24, 2.45) is 0 Å². The molecule has 1 aliphatic rings. The van der Waals surface area contributed by atoms with Crippen molar-refractivity contribution in [2.45, 2.75) is 26.7 Å². The molecule has 1 aromatic carbocycles. The third-order valence-corrected chi connectivity index (χ3v) is 5.43. The van der Waals surface area contributed by atoms with Crippen LogP contribution in [0.1, 0.15) is 22.9 Å². The number of likely N-dealkylation sites (N-methyl/N-ethyl adjacent to an activating group) is 1. The standard InChI is InChI=1S/C15H18FNS/c1-3-17-8-6-11-12-4-5-13(16)10(2)15(12)18-14(11)7-9-17/h4-5H,3,6-9H2,1-2H3. The lowest BCUT2D eigenvalue weighted by molar-refractivity contribution is 0.304. The fraction of sp³-hybridized carbons (Fsp3) is 0.467. The highest BCUT2D eigenvalue weighted by Crippen LogP contribution is 2.36. The van der Waals surface area contributed by atoms with Gasteiger partial charge in [0.2, 0.25) is 0 Å². The van der Waals surface area contributed by atoms with Gasteiger partial charge in [0, 0.05) is 28.2 Å². The summed E-state index contributed by atoms with van der Waals surface area (Å²) in [6.45, 7) is 7.51. The maximum Gasteiger partial charge on any atom is 0.127 e. The number of halogens is 1. The Labute approximate surface area is 111 Å². The zero-order valence-corrected chi connectivity index (χ0v) is 11.7. The van der Waals surface area contributed by atoms with Gasteiger partial charge in [-0.15, -0.1) is 11.3 Å². The van der Waals surface area contributed by atoms with Crippen molar-refractivity contribution in [1.82, 2.24) is 4.90 Å². The molecule has 18 heavy (non-hydrogen) atoms. The average Bonchev–Trinajstić information content (AvgIpc) is 2.60. The highest BCUT2D eigenvalue weighted by Gasteiger charge is 2.19. The van der Waals surface area contributed by atoms with Gasteiger partial charge in [-0.05, 0) is 43.3 Å². The van der Waals surface area contributed by atoms with E-state index in [4.69, 9.17) is 0 Å². The van der Waals surface area contributed by atoms with Gasteiger partial charge in [0.1, 0.15) is 5.82 Å². The second kappa shape index (κ2) is 4.63. The van der Waals surface area contributed by atoms with Crippen molar-refractivity contribution in [3.8, 4) is 0 Å². The van der Waals surface area contributed by atoms with E-state index in [1.54, 1.807) is 17.4 Å². The molecule has 2 heterocycles. The fourth-order valence-corrected chi connectivity index (χ4v) is 4.13. The van der Waals surface area contributed by atoms with Gasteiger partial charge in [0.25, 0.3) is 0 Å². The van der Waals surface area contributed by atoms with Gasteiger partial charge in [0.15, 0.2) is 0 Å². The molecule has 3 heteroatoms. The van der Waals surface area contributed by atoms with Crippen LogP contribution in [0.15, 0.2) is 12.1 Å². The van der Waals surface area contributed by atoms with Crippen molar-refractivity contribution in [2.75, 3.05) is 19.6 Å². The summed E-state index contributed by atoms with van der Waals surface area (Å²) in [6.07, 6.45) is 2.22. The normalized spacial score (nSPS) is 16.8. The summed E-state index contributed by atoms with van der Waals surface area (Å²) in [7, 11) is 0. The molecular weight excluding hydrogens is 245 g/mol. The predicted molar refractivity (Wildman–Crippen MR) is 76.0 cm³/mol. The molecule has 0 atom stereocenters. The number of fused-ring (bicyclic) bond motifs is 3. The summed E-state index contributed by atoms with van der Waals surface area (Å²) in [4.78, 5) is 3.96. The summed E-state index contributed by atoms with van der Waals surface area (Å²) in [6, 6.07) is 3.59. The zero-order valence-electron chi connectivity index (χ0n) is 10.9. The minimum atomic E-state index is -0.0749. The van der Waals surface area contributed by atoms with E-state index in [1.165, 1.54) is 15.8 Å². The highest BCUT2D eigenvalue weighted by molar-refractivity contribution is 7.19. The molecule has 1 aliphatic heterocycles. The minimum Gasteiger partial charge on any atom is -0.303 e. The van der Waals surface area contributed by atoms with Crippen LogP contribution in [-0.2, 0) is 12.8 Å². The molecule has 1 aromatic heterocycles. The second-order valence-electron chi connectivity index (χ2n) is 4.99. The Morgan fingerprint density at radius 1 is 1.28 bits per heavy atom. The Kier molecular flexibility index (Phi) is 3.12. The molecule has 0 aliphatic carbocycles. The number of benzene rings is 1. The summed E-state index contributed by atoms with van der Waals surface area (Å²) in [5.41, 5.74) is 2.28. The number of hydrogen-bond donors (Lipinski definition) is 0. The van der Waals surface area contributed by atoms with Crippen molar-refractivity contribution < 1.29 is 4.39 Å². The third kappa shape index (κ3) is 1.86. The predicted octanol–water partition coefficient (Wildman–Crippen LogP) is 3.77. The first kappa shape index (κ1) is 12.1. The molecule has 0 fully saturated rings. The minimum absolute atomic E-state index is 0.0749. The molecule has 0 spiro atoms. The van der Waals surface area contributed by atoms with Crippen LogP contribution in [0, 0.1) is 12.7 Å². The van der Waals surface area contributed by atoms with Gasteiger partial charge < -0.3 is 4.90 Å². The van der Waals surface area contributed by atoms with Crippen LogP contribution in [0.25, 0.3) is 10.1 Å². The molecule has 0 saturated carbocycles. The van der Waals surface area contributed by atoms with Gasteiger partial charge in [-0.25, -0.2) is 4.39 Å². The monoisotopic (exact) mass is 263 g/mol. The number of hydrogen-bond acceptors (Lipinski definition) is 2. The van der Waals surface area contributed by atoms with Crippen LogP contribution in [0.5, 0.6) is 0 Å². The zero-order chi connectivity index (χ0) is 12.7. The molecular formula is C15H18FNS. The van der Waals surface area contributed by atoms with Crippen molar-refractivity contribution in [3.05, 3.63) is 34.0 Å². The molecule has 1 nitrogen and oxygen atoms in total. The molecule has 3 rings (SSSR count). The van der Waals surface area contributed by atoms with Crippen LogP contribution in [-0.4, -0.2) is 24.5 Å². The maximum absolute atomic E-state index is 13.6. The molecule has 2 aromatic rings. The Bertz CT molecular complexity index is 588. The molecule has 0 saturated heterocycles. The van der Waals surface area contributed by atoms with Crippen LogP contribution in [0.2, 0.25) is 0 Å². The lowest BCUT2D eigenvalue weighted by Gasteiger charge is -2.16. The molecule has 0 unspecified atom stereocenters. The first-order chi connectivity index (χ1) is 8.70. The quantitative estimate of drug-likeness (QED) is 0.757. The average molecular weight is 263 g/mol. The number of nitrogens with zero attached hydrogens (tertiary/aromatic N) is 1. The van der Waals surface area contributed by atoms with Crippen LogP contribution < -0.4 is 0 Å². The number of aryl methyl sites for hydroxylation is 1. The van der Waals surface area contributed by atoms with Crippen LogP contribution in [0.4, 0.5) is 4.39 Å². The van der Waals surface area contributed by atoms with E-state index >= 15 is 0 Å². The Balaban J connectivity index is 2.10. The fourth-order valence-electron chi connectivity index (χ4n) is 2.81. The topological polar surface area (TPSA) is 3.24 Å². The molecule has 0 amide bonds. The Hall–Kier alpha value is -0.930. The molecule has 0 bridgehead atoms. The molecule has 96 valence electrons. The van der Waals surface area contributed by atoms with Crippen molar-refractivity contribution in [3.63, 3.8) is 0 Å². The first-order valence-electron chi connectivity index (χ1n) is 6.62. The van der Waals surface area contributed by atoms with Crippen LogP contribution >= 0.6 is 11.3 Å². The number of thiophene rings is 1. The first-order valence-corrected chi connectivity index (χ1v) is 7.44. The van der Waals surface area contributed by atoms with Gasteiger partial charge in [-0.1, -0.05) is 13.0 Å². The van der Waals surface area contributed by atoms with Gasteiger partial charge in [0.05, 0.1) is 0 Å². The van der Waals surface area contributed by atoms with E-state index in [0.29, 0.717) is 0 Å². The van der Waals surface area contributed by atoms with E-state index < -0.39 is 0 Å². The highest BCUT2D eigenvalue weighted by atomic mass is 32.1. The Morgan fingerprint density at radius 2 is 2.06 bits per heavy atom. The van der Waals surface area contributed by atoms with E-state index in [9.17, 15) is 4.39 Å². The number of rotatable bonds is 1. The van der Waals surface area contributed by atoms with Crippen molar-refractivity contribution in [1.29, 1.82) is 0 Å². The summed E-state index contributed by atoms with van der Waals surface area (Å²) in [5.74, 6) is -0.0749. The van der Waals surface area contributed by atoms with Crippen molar-refractivity contribution >= 4 is 21.4 Å². The molecule has 0 N–H and O–H groups in total. The third-order valence-electron chi connectivity index (χ3n) is 4.01. The lowest BCUT2D eigenvalue weighted by atomic mass is 10.0. The maximum atomic E-state index is 13.6. The van der Waals surface area contributed by atoms with E-state index in [1.807, 2.05) is 13.0 Å². The van der Waals surface area contributed by atoms with Gasteiger partial charge in [-0.2, -0.15) is 0 Å². The SMILES string of the molecule is CCN1CCc2sc3c(C)c(F)ccc3c2CC1. The van der Waals surface area contributed by atoms with Gasteiger partial charge >= 0.3 is 0 Å². The summed E-state index contributed by atoms with van der Waals surface area (Å²) < 4.78 is 14.8. The molecule has 0 radical (unpaired) electrons. The lowest BCUT2D eigenvalue weighted by Crippen LogP contribution is -2.25. The smallest absolute Gasteiger partial charge is 0.127 e. The largest absolute Gasteiger partial charge is 0.303 e. The summed E-state index contributed by atoms with van der Waals surface area (Å²) in [5, 5.41) is 1.28. The van der Waals surface area contributed by atoms with E-state index in [-0.39, 0.29) is 5.82 Å². The van der Waals surface area contributed by atoms with E-state index in [0.717, 1.165) is 42.7 Å². The Morgan fingerprint density at radius 3 is 2.83 bits per heavy atom. The van der Waals surface area contributed by atoms with Crippen LogP contribution in [0.3, 0.4) is 0 Å².